The quantitative estimate of drug-likeness (QED) is 0.296. The van der Waals surface area contributed by atoms with E-state index in [1.165, 1.54) is 15.3 Å². The highest BCUT2D eigenvalue weighted by atomic mass is 127. The molecule has 0 bridgehead atoms. The number of amides is 1. The largest absolute Gasteiger partial charge is 0.493 e. The molecule has 1 heterocycles. The summed E-state index contributed by atoms with van der Waals surface area (Å²) in [6.07, 6.45) is 1.83. The van der Waals surface area contributed by atoms with Crippen molar-refractivity contribution in [3.05, 3.63) is 91.9 Å². The SMILES string of the molecule is COc1cc(/C=C2\SC(=Nc3ccccc3C)NC2=O)ccc1OCc1ccc(I)cc1. The molecule has 0 saturated carbocycles. The summed E-state index contributed by atoms with van der Waals surface area (Å²) in [6.45, 7) is 2.44. The van der Waals surface area contributed by atoms with Gasteiger partial charge in [0, 0.05) is 3.57 Å². The Morgan fingerprint density at radius 2 is 1.84 bits per heavy atom. The van der Waals surface area contributed by atoms with Gasteiger partial charge >= 0.3 is 0 Å². The van der Waals surface area contributed by atoms with Crippen molar-refractivity contribution in [3.8, 4) is 11.5 Å². The molecule has 162 valence electrons. The molecule has 1 saturated heterocycles. The predicted octanol–water partition coefficient (Wildman–Crippen LogP) is 6.08. The molecule has 0 aromatic heterocycles. The number of thioether (sulfide) groups is 1. The van der Waals surface area contributed by atoms with Crippen molar-refractivity contribution < 1.29 is 14.3 Å². The van der Waals surface area contributed by atoms with Crippen molar-refractivity contribution in [3.63, 3.8) is 0 Å². The molecule has 1 aliphatic rings. The molecule has 7 heteroatoms. The first-order valence-electron chi connectivity index (χ1n) is 9.92. The summed E-state index contributed by atoms with van der Waals surface area (Å²) in [5, 5.41) is 3.40. The van der Waals surface area contributed by atoms with Crippen molar-refractivity contribution in [2.24, 2.45) is 4.99 Å². The molecule has 1 aliphatic heterocycles. The number of methoxy groups -OCH3 is 1. The number of para-hydroxylation sites is 1. The highest BCUT2D eigenvalue weighted by Crippen LogP contribution is 2.33. The fraction of sp³-hybridized carbons (Fsp3) is 0.120. The summed E-state index contributed by atoms with van der Waals surface area (Å²) >= 11 is 3.60. The van der Waals surface area contributed by atoms with Crippen molar-refractivity contribution in [2.75, 3.05) is 7.11 Å². The van der Waals surface area contributed by atoms with Crippen molar-refractivity contribution in [2.45, 2.75) is 13.5 Å². The number of rotatable bonds is 6. The van der Waals surface area contributed by atoms with E-state index in [-0.39, 0.29) is 5.91 Å². The number of aryl methyl sites for hydroxylation is 1. The van der Waals surface area contributed by atoms with Crippen LogP contribution < -0.4 is 14.8 Å². The molecule has 32 heavy (non-hydrogen) atoms. The van der Waals surface area contributed by atoms with Crippen molar-refractivity contribution in [1.29, 1.82) is 0 Å². The minimum atomic E-state index is -0.166. The van der Waals surface area contributed by atoms with E-state index in [9.17, 15) is 4.79 Å². The van der Waals surface area contributed by atoms with Crippen LogP contribution in [0.4, 0.5) is 5.69 Å². The van der Waals surface area contributed by atoms with Gasteiger partial charge in [-0.1, -0.05) is 36.4 Å². The van der Waals surface area contributed by atoms with E-state index in [0.717, 1.165) is 22.4 Å². The van der Waals surface area contributed by atoms with Crippen LogP contribution in [0.15, 0.2) is 76.6 Å². The van der Waals surface area contributed by atoms with E-state index in [2.05, 4.69) is 32.9 Å². The van der Waals surface area contributed by atoms with Gasteiger partial charge in [-0.05, 0) is 94.4 Å². The summed E-state index contributed by atoms with van der Waals surface area (Å²) in [5.74, 6) is 1.10. The first kappa shape index (κ1) is 22.4. The number of halogens is 1. The van der Waals surface area contributed by atoms with Gasteiger partial charge in [0.2, 0.25) is 0 Å². The van der Waals surface area contributed by atoms with Gasteiger partial charge < -0.3 is 14.8 Å². The maximum Gasteiger partial charge on any atom is 0.264 e. The Morgan fingerprint density at radius 3 is 2.59 bits per heavy atom. The van der Waals surface area contributed by atoms with Gasteiger partial charge in [-0.2, -0.15) is 0 Å². The van der Waals surface area contributed by atoms with Crippen LogP contribution in [-0.4, -0.2) is 18.2 Å². The van der Waals surface area contributed by atoms with Gasteiger partial charge in [-0.3, -0.25) is 4.79 Å². The summed E-state index contributed by atoms with van der Waals surface area (Å²) in [6, 6.07) is 21.6. The maximum atomic E-state index is 12.4. The van der Waals surface area contributed by atoms with Gasteiger partial charge in [0.15, 0.2) is 16.7 Å². The van der Waals surface area contributed by atoms with Crippen LogP contribution in [-0.2, 0) is 11.4 Å². The second kappa shape index (κ2) is 10.2. The number of aliphatic imine (C=N–C) groups is 1. The van der Waals surface area contributed by atoms with Crippen LogP contribution in [0.2, 0.25) is 0 Å². The molecular weight excluding hydrogens is 535 g/mol. The lowest BCUT2D eigenvalue weighted by molar-refractivity contribution is -0.115. The molecule has 1 amide bonds. The van der Waals surface area contributed by atoms with Crippen LogP contribution in [0, 0.1) is 10.5 Å². The maximum absolute atomic E-state index is 12.4. The number of ether oxygens (including phenoxy) is 2. The molecule has 5 nitrogen and oxygen atoms in total. The zero-order valence-electron chi connectivity index (χ0n) is 17.6. The number of benzene rings is 3. The molecule has 3 aromatic rings. The Morgan fingerprint density at radius 1 is 1.06 bits per heavy atom. The van der Waals surface area contributed by atoms with Gasteiger partial charge in [-0.25, -0.2) is 4.99 Å². The molecule has 3 aromatic carbocycles. The number of carbonyl (C=O) groups is 1. The second-order valence-corrected chi connectivity index (χ2v) is 9.37. The van der Waals surface area contributed by atoms with Gasteiger partial charge in [0.25, 0.3) is 5.91 Å². The first-order chi connectivity index (χ1) is 15.5. The van der Waals surface area contributed by atoms with Crippen LogP contribution in [0.5, 0.6) is 11.5 Å². The highest BCUT2D eigenvalue weighted by molar-refractivity contribution is 14.1. The molecule has 0 atom stereocenters. The highest BCUT2D eigenvalue weighted by Gasteiger charge is 2.24. The lowest BCUT2D eigenvalue weighted by atomic mass is 10.2. The lowest BCUT2D eigenvalue weighted by Crippen LogP contribution is -2.19. The first-order valence-corrected chi connectivity index (χ1v) is 11.8. The lowest BCUT2D eigenvalue weighted by Gasteiger charge is -2.11. The fourth-order valence-electron chi connectivity index (χ4n) is 3.07. The van der Waals surface area contributed by atoms with Crippen molar-refractivity contribution >= 4 is 57.2 Å². The Kier molecular flexibility index (Phi) is 7.16. The zero-order chi connectivity index (χ0) is 22.5. The molecule has 1 fully saturated rings. The monoisotopic (exact) mass is 556 g/mol. The Hall–Kier alpha value is -2.78. The molecule has 0 spiro atoms. The number of hydrogen-bond donors (Lipinski definition) is 1. The summed E-state index contributed by atoms with van der Waals surface area (Å²) in [4.78, 5) is 17.6. The standard InChI is InChI=1S/C25H21IN2O3S/c1-16-5-3-4-6-20(16)27-25-28-24(29)23(32-25)14-18-9-12-21(22(13-18)30-2)31-15-17-7-10-19(26)11-8-17/h3-14H,15H2,1-2H3,(H,27,28,29)/b23-14-. The van der Waals surface area contributed by atoms with Crippen LogP contribution in [0.3, 0.4) is 0 Å². The summed E-state index contributed by atoms with van der Waals surface area (Å²) in [5.41, 5.74) is 3.82. The molecule has 1 N–H and O–H groups in total. The van der Waals surface area contributed by atoms with E-state index in [1.807, 2.05) is 79.7 Å². The van der Waals surface area contributed by atoms with Crippen molar-refractivity contribution in [1.82, 2.24) is 5.32 Å². The third-order valence-corrected chi connectivity index (χ3v) is 6.41. The van der Waals surface area contributed by atoms with Crippen LogP contribution >= 0.6 is 34.4 Å². The fourth-order valence-corrected chi connectivity index (χ4v) is 4.26. The Balaban J connectivity index is 1.49. The van der Waals surface area contributed by atoms with Gasteiger partial charge in [0.1, 0.15) is 6.61 Å². The Labute approximate surface area is 205 Å². The third-order valence-electron chi connectivity index (χ3n) is 4.78. The Bertz CT molecular complexity index is 1210. The predicted molar refractivity (Wildman–Crippen MR) is 138 cm³/mol. The van der Waals surface area contributed by atoms with E-state index in [1.54, 1.807) is 7.11 Å². The minimum Gasteiger partial charge on any atom is -0.493 e. The van der Waals surface area contributed by atoms with E-state index >= 15 is 0 Å². The number of nitrogens with one attached hydrogen (secondary N) is 1. The van der Waals surface area contributed by atoms with E-state index < -0.39 is 0 Å². The van der Waals surface area contributed by atoms with E-state index in [0.29, 0.717) is 28.2 Å². The molecule has 0 radical (unpaired) electrons. The molecular formula is C25H21IN2O3S. The average molecular weight is 556 g/mol. The van der Waals surface area contributed by atoms with Crippen LogP contribution in [0.1, 0.15) is 16.7 Å². The normalized spacial score (nSPS) is 15.8. The summed E-state index contributed by atoms with van der Waals surface area (Å²) < 4.78 is 12.6. The number of hydrogen-bond acceptors (Lipinski definition) is 5. The van der Waals surface area contributed by atoms with Gasteiger partial charge in [0.05, 0.1) is 17.7 Å². The average Bonchev–Trinajstić information content (AvgIpc) is 3.14. The molecule has 0 aliphatic carbocycles. The smallest absolute Gasteiger partial charge is 0.264 e. The zero-order valence-corrected chi connectivity index (χ0v) is 20.6. The van der Waals surface area contributed by atoms with Crippen LogP contribution in [0.25, 0.3) is 6.08 Å². The van der Waals surface area contributed by atoms with E-state index in [4.69, 9.17) is 9.47 Å². The van der Waals surface area contributed by atoms with Gasteiger partial charge in [-0.15, -0.1) is 0 Å². The topological polar surface area (TPSA) is 59.9 Å². The minimum absolute atomic E-state index is 0.166. The third kappa shape index (κ3) is 5.52. The number of amidine groups is 1. The second-order valence-electron chi connectivity index (χ2n) is 7.09. The molecule has 0 unspecified atom stereocenters. The number of carbonyl (C=O) groups excluding carboxylic acids is 1. The summed E-state index contributed by atoms with van der Waals surface area (Å²) in [7, 11) is 1.61. The number of nitrogens with zero attached hydrogens (tertiary/aromatic N) is 1. The molecule has 4 rings (SSSR count).